The number of anilines is 1. The second-order valence-electron chi connectivity index (χ2n) is 3.73. The van der Waals surface area contributed by atoms with E-state index < -0.39 is 21.8 Å². The van der Waals surface area contributed by atoms with Crippen LogP contribution in [0.25, 0.3) is 0 Å². The first-order chi connectivity index (χ1) is 9.59. The Morgan fingerprint density at radius 3 is 2.52 bits per heavy atom. The average Bonchev–Trinajstić information content (AvgIpc) is 2.77. The van der Waals surface area contributed by atoms with E-state index in [0.717, 1.165) is 12.3 Å². The lowest BCUT2D eigenvalue weighted by Crippen LogP contribution is -2.13. The van der Waals surface area contributed by atoms with Crippen LogP contribution in [0.5, 0.6) is 0 Å². The van der Waals surface area contributed by atoms with Crippen LogP contribution in [0.4, 0.5) is 18.9 Å². The van der Waals surface area contributed by atoms with E-state index in [9.17, 15) is 21.6 Å². The van der Waals surface area contributed by atoms with Crippen LogP contribution in [0.1, 0.15) is 5.56 Å². The van der Waals surface area contributed by atoms with Gasteiger partial charge in [-0.25, -0.2) is 13.4 Å². The lowest BCUT2D eigenvalue weighted by Gasteiger charge is -2.12. The summed E-state index contributed by atoms with van der Waals surface area (Å²) in [5, 5.41) is 0. The van der Waals surface area contributed by atoms with Crippen LogP contribution in [0.3, 0.4) is 0 Å². The summed E-state index contributed by atoms with van der Waals surface area (Å²) in [6, 6.07) is 3.02. The van der Waals surface area contributed by atoms with Gasteiger partial charge in [0.2, 0.25) is 0 Å². The van der Waals surface area contributed by atoms with Gasteiger partial charge in [0.05, 0.1) is 11.8 Å². The zero-order valence-electron chi connectivity index (χ0n) is 9.78. The maximum absolute atomic E-state index is 12.8. The Morgan fingerprint density at radius 2 is 2.00 bits per heavy atom. The van der Waals surface area contributed by atoms with Gasteiger partial charge in [0.15, 0.2) is 8.68 Å². The molecule has 2 aromatic rings. The van der Waals surface area contributed by atoms with Gasteiger partial charge in [0.1, 0.15) is 0 Å². The number of alkyl halides is 3. The largest absolute Gasteiger partial charge is 0.417 e. The van der Waals surface area contributed by atoms with Gasteiger partial charge in [-0.15, -0.1) is 0 Å². The number of benzene rings is 1. The molecule has 0 aliphatic carbocycles. The van der Waals surface area contributed by atoms with Gasteiger partial charge in [-0.1, -0.05) is 38.9 Å². The molecule has 0 saturated carbocycles. The van der Waals surface area contributed by atoms with E-state index in [1.807, 2.05) is 0 Å². The second kappa shape index (κ2) is 5.75. The number of aromatic nitrogens is 1. The molecule has 114 valence electrons. The summed E-state index contributed by atoms with van der Waals surface area (Å²) in [6.45, 7) is 0. The molecule has 1 aromatic carbocycles. The van der Waals surface area contributed by atoms with Crippen molar-refractivity contribution in [3.8, 4) is 0 Å². The molecule has 1 aromatic heterocycles. The topological polar surface area (TPSA) is 59.1 Å². The van der Waals surface area contributed by atoms with Crippen LogP contribution < -0.4 is 4.72 Å². The van der Waals surface area contributed by atoms with E-state index >= 15 is 0 Å². The van der Waals surface area contributed by atoms with Crippen molar-refractivity contribution >= 4 is 54.6 Å². The van der Waals surface area contributed by atoms with Crippen molar-refractivity contribution in [1.29, 1.82) is 0 Å². The van der Waals surface area contributed by atoms with Crippen molar-refractivity contribution in [2.45, 2.75) is 10.4 Å². The van der Waals surface area contributed by atoms with Gasteiger partial charge in [-0.05, 0) is 18.2 Å². The molecule has 0 spiro atoms. The first-order valence-corrected chi connectivity index (χ1v) is 8.57. The monoisotopic (exact) mass is 420 g/mol. The summed E-state index contributed by atoms with van der Waals surface area (Å²) in [5.74, 6) is 0. The number of sulfonamides is 1. The molecule has 0 amide bonds. The number of halogens is 5. The van der Waals surface area contributed by atoms with Gasteiger partial charge in [0, 0.05) is 10.2 Å². The molecule has 2 rings (SSSR count). The average molecular weight is 422 g/mol. The molecular weight excluding hydrogens is 417 g/mol. The van der Waals surface area contributed by atoms with Crippen LogP contribution in [0, 0.1) is 0 Å². The number of rotatable bonds is 3. The van der Waals surface area contributed by atoms with Crippen molar-refractivity contribution in [2.24, 2.45) is 0 Å². The normalized spacial score (nSPS) is 12.4. The Hall–Kier alpha value is -0.840. The highest BCUT2D eigenvalue weighted by atomic mass is 79.9. The number of nitrogens with zero attached hydrogens (tertiary/aromatic N) is 1. The molecule has 0 saturated heterocycles. The van der Waals surface area contributed by atoms with Crippen molar-refractivity contribution < 1.29 is 21.6 Å². The molecule has 21 heavy (non-hydrogen) atoms. The van der Waals surface area contributed by atoms with Crippen LogP contribution in [-0.4, -0.2) is 13.4 Å². The highest BCUT2D eigenvalue weighted by Gasteiger charge is 2.33. The summed E-state index contributed by atoms with van der Waals surface area (Å²) < 4.78 is 63.9. The van der Waals surface area contributed by atoms with Gasteiger partial charge in [-0.2, -0.15) is 13.2 Å². The number of nitrogens with one attached hydrogen (secondary N) is 1. The zero-order chi connectivity index (χ0) is 15.8. The number of thiazole rings is 1. The fourth-order valence-electron chi connectivity index (χ4n) is 1.37. The number of hydrogen-bond acceptors (Lipinski definition) is 4. The fourth-order valence-corrected chi connectivity index (χ4v) is 4.19. The molecule has 0 aliphatic heterocycles. The van der Waals surface area contributed by atoms with E-state index in [0.29, 0.717) is 17.4 Å². The third kappa shape index (κ3) is 3.87. The summed E-state index contributed by atoms with van der Waals surface area (Å²) in [6.07, 6.45) is -3.58. The van der Waals surface area contributed by atoms with E-state index in [1.54, 1.807) is 0 Å². The highest BCUT2D eigenvalue weighted by molar-refractivity contribution is 9.10. The molecule has 0 fully saturated rings. The molecule has 0 unspecified atom stereocenters. The summed E-state index contributed by atoms with van der Waals surface area (Å²) in [5.41, 5.74) is -1.19. The van der Waals surface area contributed by atoms with Crippen LogP contribution in [0.15, 0.2) is 33.1 Å². The van der Waals surface area contributed by atoms with Gasteiger partial charge < -0.3 is 0 Å². The highest BCUT2D eigenvalue weighted by Crippen LogP contribution is 2.37. The smallest absolute Gasteiger partial charge is 0.279 e. The Labute approximate surface area is 135 Å². The third-order valence-electron chi connectivity index (χ3n) is 2.25. The van der Waals surface area contributed by atoms with Gasteiger partial charge in [-0.3, -0.25) is 4.72 Å². The predicted octanol–water partition coefficient (Wildman–Crippen LogP) is 4.38. The molecule has 0 atom stereocenters. The summed E-state index contributed by atoms with van der Waals surface area (Å²) in [4.78, 5) is 3.57. The van der Waals surface area contributed by atoms with Crippen LogP contribution in [0.2, 0.25) is 4.47 Å². The second-order valence-corrected chi connectivity index (χ2v) is 8.11. The Bertz CT molecular complexity index is 777. The quantitative estimate of drug-likeness (QED) is 0.800. The molecule has 11 heteroatoms. The van der Waals surface area contributed by atoms with Crippen LogP contribution >= 0.6 is 38.9 Å². The van der Waals surface area contributed by atoms with Gasteiger partial charge in [0.25, 0.3) is 10.0 Å². The van der Waals surface area contributed by atoms with E-state index in [1.165, 1.54) is 6.07 Å². The minimum Gasteiger partial charge on any atom is -0.279 e. The van der Waals surface area contributed by atoms with Crippen LogP contribution in [-0.2, 0) is 16.2 Å². The molecular formula is C10H5BrClF3N2O2S2. The molecule has 0 radical (unpaired) electrons. The Morgan fingerprint density at radius 1 is 1.33 bits per heavy atom. The Balaban J connectivity index is 2.36. The molecule has 1 heterocycles. The molecule has 1 N–H and O–H groups in total. The lowest BCUT2D eigenvalue weighted by atomic mass is 10.2. The van der Waals surface area contributed by atoms with Gasteiger partial charge >= 0.3 is 6.18 Å². The van der Waals surface area contributed by atoms with Crippen molar-refractivity contribution in [2.75, 3.05) is 4.72 Å². The minimum atomic E-state index is -4.60. The molecule has 0 aliphatic rings. The fraction of sp³-hybridized carbons (Fsp3) is 0.100. The van der Waals surface area contributed by atoms with E-state index in [2.05, 4.69) is 25.6 Å². The molecule has 0 bridgehead atoms. The third-order valence-corrected chi connectivity index (χ3v) is 5.89. The standard InChI is InChI=1S/C10H5BrClF3N2O2S2/c11-7-2-1-5(3-6(7)10(13,14)15)17-21(18,19)8-4-16-9(12)20-8/h1-4,17H. The summed E-state index contributed by atoms with van der Waals surface area (Å²) in [7, 11) is -4.03. The van der Waals surface area contributed by atoms with Crippen molar-refractivity contribution in [3.63, 3.8) is 0 Å². The lowest BCUT2D eigenvalue weighted by molar-refractivity contribution is -0.138. The maximum atomic E-state index is 12.8. The van der Waals surface area contributed by atoms with Crippen molar-refractivity contribution in [1.82, 2.24) is 4.98 Å². The first-order valence-electron chi connectivity index (χ1n) is 5.10. The van der Waals surface area contributed by atoms with E-state index in [-0.39, 0.29) is 18.8 Å². The molecule has 4 nitrogen and oxygen atoms in total. The zero-order valence-corrected chi connectivity index (χ0v) is 13.8. The maximum Gasteiger partial charge on any atom is 0.417 e. The predicted molar refractivity (Wildman–Crippen MR) is 77.1 cm³/mol. The summed E-state index contributed by atoms with van der Waals surface area (Å²) >= 11 is 9.01. The minimum absolute atomic E-state index is 0.0159. The van der Waals surface area contributed by atoms with E-state index in [4.69, 9.17) is 11.6 Å². The Kier molecular flexibility index (Phi) is 4.52. The first kappa shape index (κ1) is 16.5. The van der Waals surface area contributed by atoms with Crippen molar-refractivity contribution in [3.05, 3.63) is 38.9 Å². The number of hydrogen-bond donors (Lipinski definition) is 1. The SMILES string of the molecule is O=S(=O)(Nc1ccc(Br)c(C(F)(F)F)c1)c1cnc(Cl)s1.